The van der Waals surface area contributed by atoms with Gasteiger partial charge in [-0.05, 0) is 6.42 Å². The Labute approximate surface area is 111 Å². The van der Waals surface area contributed by atoms with E-state index in [4.69, 9.17) is 0 Å². The van der Waals surface area contributed by atoms with Crippen molar-refractivity contribution in [1.82, 2.24) is 4.90 Å². The van der Waals surface area contributed by atoms with Crippen molar-refractivity contribution in [3.05, 3.63) is 0 Å². The van der Waals surface area contributed by atoms with Crippen molar-refractivity contribution >= 4 is 21.7 Å². The summed E-state index contributed by atoms with van der Waals surface area (Å²) in [4.78, 5) is 25.1. The molecule has 7 nitrogen and oxygen atoms in total. The summed E-state index contributed by atoms with van der Waals surface area (Å²) in [5.74, 6) is -1.74. The average Bonchev–Trinajstić information content (AvgIpc) is 2.90. The van der Waals surface area contributed by atoms with Crippen LogP contribution in [-0.2, 0) is 24.2 Å². The van der Waals surface area contributed by atoms with Crippen molar-refractivity contribution in [2.45, 2.75) is 25.0 Å². The van der Waals surface area contributed by atoms with E-state index in [2.05, 4.69) is 4.74 Å². The maximum Gasteiger partial charge on any atom is 0.328 e. The van der Waals surface area contributed by atoms with Crippen molar-refractivity contribution in [3.8, 4) is 0 Å². The molecule has 19 heavy (non-hydrogen) atoms. The fourth-order valence-electron chi connectivity index (χ4n) is 2.64. The lowest BCUT2D eigenvalue weighted by Gasteiger charge is -2.24. The Bertz CT molecular complexity index is 487. The molecule has 1 N–H and O–H groups in total. The Kier molecular flexibility index (Phi) is 3.82. The summed E-state index contributed by atoms with van der Waals surface area (Å²) in [7, 11) is -1.94. The third-order valence-electron chi connectivity index (χ3n) is 3.62. The number of β-amino-alcohol motifs (C(OH)–C–C–N with tert-alkyl or cyclic N) is 1. The predicted molar refractivity (Wildman–Crippen MR) is 64.9 cm³/mol. The molecule has 3 atom stereocenters. The maximum absolute atomic E-state index is 12.3. The van der Waals surface area contributed by atoms with Crippen LogP contribution < -0.4 is 0 Å². The number of hydrogen-bond acceptors (Lipinski definition) is 6. The number of aliphatic hydroxyl groups is 1. The number of rotatable bonds is 2. The van der Waals surface area contributed by atoms with Gasteiger partial charge in [-0.3, -0.25) is 4.79 Å². The Morgan fingerprint density at radius 1 is 1.37 bits per heavy atom. The van der Waals surface area contributed by atoms with Gasteiger partial charge in [0.25, 0.3) is 0 Å². The molecule has 0 bridgehead atoms. The Morgan fingerprint density at radius 2 is 2.05 bits per heavy atom. The molecule has 0 spiro atoms. The molecule has 1 amide bonds. The van der Waals surface area contributed by atoms with Gasteiger partial charge in [-0.25, -0.2) is 13.2 Å². The fraction of sp³-hybridized carbons (Fsp3) is 0.818. The summed E-state index contributed by atoms with van der Waals surface area (Å²) in [6.07, 6.45) is -0.356. The number of likely N-dealkylation sites (tertiary alicyclic amines) is 1. The highest BCUT2D eigenvalue weighted by Crippen LogP contribution is 2.26. The summed E-state index contributed by atoms with van der Waals surface area (Å²) in [5, 5.41) is 9.59. The van der Waals surface area contributed by atoms with Crippen molar-refractivity contribution in [2.24, 2.45) is 5.92 Å². The van der Waals surface area contributed by atoms with Crippen LogP contribution in [0.5, 0.6) is 0 Å². The number of hydrogen-bond donors (Lipinski definition) is 1. The molecule has 0 radical (unpaired) electrons. The lowest BCUT2D eigenvalue weighted by Crippen LogP contribution is -2.44. The molecule has 0 saturated carbocycles. The van der Waals surface area contributed by atoms with Crippen LogP contribution in [0.1, 0.15) is 12.8 Å². The van der Waals surface area contributed by atoms with Gasteiger partial charge < -0.3 is 14.7 Å². The average molecular weight is 291 g/mol. The van der Waals surface area contributed by atoms with E-state index in [1.807, 2.05) is 0 Å². The molecule has 2 aliphatic heterocycles. The summed E-state index contributed by atoms with van der Waals surface area (Å²) < 4.78 is 27.4. The smallest absolute Gasteiger partial charge is 0.328 e. The maximum atomic E-state index is 12.3. The SMILES string of the molecule is COC(=O)C1CC(O)CN1C(=O)C1CCS(=O)(=O)C1. The summed E-state index contributed by atoms with van der Waals surface area (Å²) in [5.41, 5.74) is 0. The van der Waals surface area contributed by atoms with E-state index in [0.29, 0.717) is 0 Å². The minimum atomic E-state index is -3.15. The van der Waals surface area contributed by atoms with Gasteiger partial charge in [0, 0.05) is 13.0 Å². The highest BCUT2D eigenvalue weighted by atomic mass is 32.2. The Balaban J connectivity index is 2.11. The van der Waals surface area contributed by atoms with Gasteiger partial charge in [0.1, 0.15) is 6.04 Å². The van der Waals surface area contributed by atoms with Crippen LogP contribution in [0.4, 0.5) is 0 Å². The first-order chi connectivity index (χ1) is 8.84. The first-order valence-corrected chi connectivity index (χ1v) is 7.93. The van der Waals surface area contributed by atoms with Gasteiger partial charge in [-0.2, -0.15) is 0 Å². The highest BCUT2D eigenvalue weighted by Gasteiger charge is 2.44. The molecule has 2 heterocycles. The first kappa shape index (κ1) is 14.3. The standard InChI is InChI=1S/C11H17NO6S/c1-18-11(15)9-4-8(13)5-12(9)10(14)7-2-3-19(16,17)6-7/h7-9,13H,2-6H2,1H3. The predicted octanol–water partition coefficient (Wildman–Crippen LogP) is -1.44. The lowest BCUT2D eigenvalue weighted by atomic mass is 10.1. The molecule has 0 aromatic rings. The van der Waals surface area contributed by atoms with Crippen LogP contribution >= 0.6 is 0 Å². The van der Waals surface area contributed by atoms with Crippen LogP contribution in [0.3, 0.4) is 0 Å². The van der Waals surface area contributed by atoms with Gasteiger partial charge >= 0.3 is 5.97 Å². The zero-order valence-corrected chi connectivity index (χ0v) is 11.4. The number of esters is 1. The minimum Gasteiger partial charge on any atom is -0.467 e. The molecule has 0 aromatic carbocycles. The molecule has 2 saturated heterocycles. The molecular formula is C11H17NO6S. The topological polar surface area (TPSA) is 101 Å². The highest BCUT2D eigenvalue weighted by molar-refractivity contribution is 7.91. The van der Waals surface area contributed by atoms with Gasteiger partial charge in [0.15, 0.2) is 9.84 Å². The van der Waals surface area contributed by atoms with Crippen LogP contribution in [-0.4, -0.2) is 67.6 Å². The molecule has 3 unspecified atom stereocenters. The second kappa shape index (κ2) is 5.09. The zero-order chi connectivity index (χ0) is 14.2. The number of amides is 1. The van der Waals surface area contributed by atoms with Crippen molar-refractivity contribution in [1.29, 1.82) is 0 Å². The lowest BCUT2D eigenvalue weighted by molar-refractivity contribution is -0.152. The zero-order valence-electron chi connectivity index (χ0n) is 10.6. The van der Waals surface area contributed by atoms with Crippen LogP contribution in [0, 0.1) is 5.92 Å². The van der Waals surface area contributed by atoms with Gasteiger partial charge in [-0.1, -0.05) is 0 Å². The van der Waals surface area contributed by atoms with E-state index < -0.39 is 33.9 Å². The molecule has 0 aliphatic carbocycles. The van der Waals surface area contributed by atoms with Crippen LogP contribution in [0.25, 0.3) is 0 Å². The van der Waals surface area contributed by atoms with E-state index in [1.165, 1.54) is 12.0 Å². The number of sulfone groups is 1. The molecule has 2 rings (SSSR count). The number of aliphatic hydroxyl groups excluding tert-OH is 1. The molecule has 108 valence electrons. The Morgan fingerprint density at radius 3 is 2.58 bits per heavy atom. The van der Waals surface area contributed by atoms with Crippen LogP contribution in [0.2, 0.25) is 0 Å². The molecular weight excluding hydrogens is 274 g/mol. The van der Waals surface area contributed by atoms with Gasteiger partial charge in [-0.15, -0.1) is 0 Å². The minimum absolute atomic E-state index is 0.00267. The quantitative estimate of drug-likeness (QED) is 0.625. The number of methoxy groups -OCH3 is 1. The number of nitrogens with zero attached hydrogens (tertiary/aromatic N) is 1. The third-order valence-corrected chi connectivity index (χ3v) is 5.38. The normalized spacial score (nSPS) is 33.4. The summed E-state index contributed by atoms with van der Waals surface area (Å²) in [6, 6.07) is -0.809. The van der Waals surface area contributed by atoms with Crippen molar-refractivity contribution < 1.29 is 27.9 Å². The van der Waals surface area contributed by atoms with Gasteiger partial charge in [0.05, 0.1) is 30.6 Å². The van der Waals surface area contributed by atoms with E-state index in [-0.39, 0.29) is 36.8 Å². The molecule has 0 aromatic heterocycles. The van der Waals surface area contributed by atoms with Crippen molar-refractivity contribution in [2.75, 3.05) is 25.2 Å². The van der Waals surface area contributed by atoms with E-state index in [9.17, 15) is 23.1 Å². The summed E-state index contributed by atoms with van der Waals surface area (Å²) >= 11 is 0. The third kappa shape index (κ3) is 2.89. The second-order valence-corrected chi connectivity index (χ2v) is 7.25. The Hall–Kier alpha value is -1.15. The number of ether oxygens (including phenoxy) is 1. The molecule has 2 fully saturated rings. The van der Waals surface area contributed by atoms with E-state index in [1.54, 1.807) is 0 Å². The fourth-order valence-corrected chi connectivity index (χ4v) is 4.37. The number of carbonyl (C=O) groups excluding carboxylic acids is 2. The largest absolute Gasteiger partial charge is 0.467 e. The first-order valence-electron chi connectivity index (χ1n) is 6.11. The van der Waals surface area contributed by atoms with E-state index in [0.717, 1.165) is 0 Å². The number of carbonyl (C=O) groups is 2. The molecule has 8 heteroatoms. The van der Waals surface area contributed by atoms with Crippen molar-refractivity contribution in [3.63, 3.8) is 0 Å². The van der Waals surface area contributed by atoms with Crippen LogP contribution in [0.15, 0.2) is 0 Å². The van der Waals surface area contributed by atoms with E-state index >= 15 is 0 Å². The second-order valence-electron chi connectivity index (χ2n) is 5.02. The van der Waals surface area contributed by atoms with Gasteiger partial charge in [0.2, 0.25) is 5.91 Å². The molecule has 2 aliphatic rings. The monoisotopic (exact) mass is 291 g/mol. The summed E-state index contributed by atoms with van der Waals surface area (Å²) in [6.45, 7) is 0.0507.